The highest BCUT2D eigenvalue weighted by Crippen LogP contribution is 2.55. The number of benzene rings is 21. The molecule has 0 atom stereocenters. The van der Waals surface area contributed by atoms with Gasteiger partial charge in [-0.2, -0.15) is 0 Å². The van der Waals surface area contributed by atoms with Crippen molar-refractivity contribution in [2.45, 2.75) is 29.4 Å². The first-order valence-electron chi connectivity index (χ1n) is 47.1. The predicted molar refractivity (Wildman–Crippen MR) is 582 cm³/mol. The topological polar surface area (TPSA) is 116 Å². The minimum atomic E-state index is 0.647. The lowest BCUT2D eigenvalue weighted by Crippen LogP contribution is -2.01. The SMILES string of the molecule is c1ccc(-c2ccc(-c3nc(-c4ccccc4)nc(-c4ccc5c6c(cccc46)-c4ccccc4Sc4ccccc4-5)n3)cc2)cc1.c1ccc(-c2cccc(-c3nc(-c4ccccc4)nc(-c4ccc5c6c(cccc46)-c4ccccc4Sc4ccccc4-5)n3)c2)cc1.c1ccc(-c2nc(-c3ccccc3)nc(-c3cccc(-c4ccc5c6c(cccc46)-c4ccccc4Sc4ccccc4-5)c3)n2)cc1. The van der Waals surface area contributed by atoms with Crippen molar-refractivity contribution in [3.05, 3.63) is 491 Å². The Labute approximate surface area is 829 Å². The molecule has 0 radical (unpaired) electrons. The van der Waals surface area contributed by atoms with Crippen LogP contribution in [-0.2, 0) is 0 Å². The van der Waals surface area contributed by atoms with Crippen molar-refractivity contribution in [1.29, 1.82) is 0 Å². The zero-order valence-corrected chi connectivity index (χ0v) is 78.5. The Balaban J connectivity index is 0.000000111. The van der Waals surface area contributed by atoms with Gasteiger partial charge < -0.3 is 0 Å². The van der Waals surface area contributed by atoms with Gasteiger partial charge in [-0.25, -0.2) is 44.9 Å². The summed E-state index contributed by atoms with van der Waals surface area (Å²) in [6.07, 6.45) is 0. The van der Waals surface area contributed by atoms with Crippen LogP contribution in [0, 0.1) is 0 Å². The molecule has 24 aromatic rings. The number of nitrogens with zero attached hydrogens (tertiary/aromatic N) is 9. The van der Waals surface area contributed by atoms with Crippen LogP contribution in [0.3, 0.4) is 0 Å². The Morgan fingerprint density at radius 1 is 0.106 bits per heavy atom. The van der Waals surface area contributed by atoms with Crippen molar-refractivity contribution < 1.29 is 0 Å². The van der Waals surface area contributed by atoms with E-state index in [9.17, 15) is 0 Å². The molecule has 9 nitrogen and oxygen atoms in total. The Morgan fingerprint density at radius 3 is 0.610 bits per heavy atom. The first-order valence-corrected chi connectivity index (χ1v) is 49.6. The standard InChI is InChI=1S/3C43H27N3S/c1-3-13-28(14-4-1)41-44-42(29-15-5-2-6-16-29)46-43(45-41)31-18-11-17-30(27-31)32-25-26-37-34-20-8-10-24-39(34)47-38-23-9-7-19-33(38)36-22-12-21-35(32)40(36)37;1-3-13-28(14-4-1)30-17-11-18-31(27-30)42-44-41(29-15-5-2-6-16-29)45-43(46-42)37-26-25-36-33-20-8-10-24-39(33)47-38-23-9-7-19-32(38)34-21-12-22-35(37)40(34)36;1-3-12-28(13-4-1)29-22-24-31(25-23-29)42-44-41(30-14-5-2-6-15-30)45-43(46-42)37-27-26-36-33-17-8-10-21-39(33)47-38-20-9-7-16-32(38)34-18-11-19-35(37)40(34)36/h3*1-27H. The predicted octanol–water partition coefficient (Wildman–Crippen LogP) is 34.5. The molecule has 3 aromatic heterocycles. The van der Waals surface area contributed by atoms with Crippen molar-refractivity contribution in [3.63, 3.8) is 0 Å². The van der Waals surface area contributed by atoms with Crippen LogP contribution < -0.4 is 0 Å². The van der Waals surface area contributed by atoms with Gasteiger partial charge in [-0.15, -0.1) is 0 Å². The second kappa shape index (κ2) is 37.5. The maximum absolute atomic E-state index is 5.19. The molecule has 6 heterocycles. The third kappa shape index (κ3) is 16.6. The highest BCUT2D eigenvalue weighted by Gasteiger charge is 2.29. The van der Waals surface area contributed by atoms with E-state index in [2.05, 4.69) is 382 Å². The summed E-state index contributed by atoms with van der Waals surface area (Å²) in [5.74, 6) is 5.87. The Hall–Kier alpha value is -17.5. The highest BCUT2D eigenvalue weighted by molar-refractivity contribution is 8.00. The normalized spacial score (nSPS) is 11.7. The summed E-state index contributed by atoms with van der Waals surface area (Å²) in [6.45, 7) is 0. The fourth-order valence-corrected chi connectivity index (χ4v) is 22.9. The van der Waals surface area contributed by atoms with E-state index in [0.717, 1.165) is 83.1 Å². The molecule has 660 valence electrons. The molecule has 0 unspecified atom stereocenters. The first kappa shape index (κ1) is 85.2. The van der Waals surface area contributed by atoms with Crippen LogP contribution in [-0.4, -0.2) is 44.9 Å². The van der Waals surface area contributed by atoms with Crippen molar-refractivity contribution >= 4 is 67.6 Å². The zero-order valence-electron chi connectivity index (χ0n) is 76.0. The van der Waals surface area contributed by atoms with Gasteiger partial charge in [0, 0.05) is 79.4 Å². The van der Waals surface area contributed by atoms with E-state index in [4.69, 9.17) is 44.9 Å². The summed E-state index contributed by atoms with van der Waals surface area (Å²) in [4.78, 5) is 53.1. The average Bonchev–Trinajstić information content (AvgIpc) is 0.741. The Morgan fingerprint density at radius 2 is 0.291 bits per heavy atom. The number of hydrogen-bond acceptors (Lipinski definition) is 12. The van der Waals surface area contributed by atoms with E-state index in [1.54, 1.807) is 0 Å². The minimum absolute atomic E-state index is 0.647. The van der Waals surface area contributed by atoms with E-state index < -0.39 is 0 Å². The van der Waals surface area contributed by atoms with Gasteiger partial charge in [0.2, 0.25) is 0 Å². The lowest BCUT2D eigenvalue weighted by atomic mass is 9.87. The first-order chi connectivity index (χ1) is 69.9. The number of rotatable bonds is 12. The summed E-state index contributed by atoms with van der Waals surface area (Å²) < 4.78 is 0. The fraction of sp³-hybridized carbons (Fsp3) is 0. The molecule has 0 saturated heterocycles. The number of aromatic nitrogens is 9. The lowest BCUT2D eigenvalue weighted by Gasteiger charge is -2.22. The molecule has 0 bridgehead atoms. The van der Waals surface area contributed by atoms with E-state index in [0.29, 0.717) is 52.4 Å². The molecule has 141 heavy (non-hydrogen) atoms. The summed E-state index contributed by atoms with van der Waals surface area (Å²) in [6, 6.07) is 173. The van der Waals surface area contributed by atoms with Crippen LogP contribution in [0.25, 0.3) is 235 Å². The fourth-order valence-electron chi connectivity index (χ4n) is 19.6. The second-order valence-corrected chi connectivity index (χ2v) is 38.1. The second-order valence-electron chi connectivity index (χ2n) is 34.8. The molecule has 3 aliphatic rings. The van der Waals surface area contributed by atoms with Crippen LogP contribution in [0.5, 0.6) is 0 Å². The maximum atomic E-state index is 5.19. The van der Waals surface area contributed by atoms with E-state index in [1.165, 1.54) is 129 Å². The smallest absolute Gasteiger partial charge is 0.164 e. The minimum Gasteiger partial charge on any atom is -0.208 e. The van der Waals surface area contributed by atoms with Gasteiger partial charge in [0.15, 0.2) is 52.4 Å². The molecule has 21 aromatic carbocycles. The van der Waals surface area contributed by atoms with E-state index >= 15 is 0 Å². The van der Waals surface area contributed by atoms with Gasteiger partial charge in [-0.3, -0.25) is 0 Å². The third-order valence-corrected chi connectivity index (χ3v) is 29.7. The molecule has 0 aliphatic carbocycles. The van der Waals surface area contributed by atoms with Crippen molar-refractivity contribution in [2.24, 2.45) is 0 Å². The largest absolute Gasteiger partial charge is 0.208 e. The van der Waals surface area contributed by atoms with E-state index in [1.807, 2.05) is 144 Å². The number of fused-ring (bicyclic) bond motifs is 12. The Kier molecular flexibility index (Phi) is 22.7. The van der Waals surface area contributed by atoms with Gasteiger partial charge in [0.1, 0.15) is 0 Å². The highest BCUT2D eigenvalue weighted by atomic mass is 32.2. The van der Waals surface area contributed by atoms with Crippen LogP contribution in [0.15, 0.2) is 521 Å². The zero-order chi connectivity index (χ0) is 93.5. The van der Waals surface area contributed by atoms with Crippen LogP contribution >= 0.6 is 35.3 Å². The lowest BCUT2D eigenvalue weighted by molar-refractivity contribution is 1.07. The molecular formula is C129H81N9S3. The van der Waals surface area contributed by atoms with Gasteiger partial charge in [-0.05, 0) is 193 Å². The van der Waals surface area contributed by atoms with Crippen LogP contribution in [0.2, 0.25) is 0 Å². The van der Waals surface area contributed by atoms with Crippen molar-refractivity contribution in [2.75, 3.05) is 0 Å². The molecule has 3 aliphatic heterocycles. The van der Waals surface area contributed by atoms with Crippen molar-refractivity contribution in [1.82, 2.24) is 44.9 Å². The monoisotopic (exact) mass is 1850 g/mol. The van der Waals surface area contributed by atoms with Gasteiger partial charge in [0.25, 0.3) is 0 Å². The molecule has 0 N–H and O–H groups in total. The maximum Gasteiger partial charge on any atom is 0.164 e. The number of hydrogen-bond donors (Lipinski definition) is 0. The molecule has 27 rings (SSSR count). The summed E-state index contributed by atoms with van der Waals surface area (Å²) in [5.41, 5.74) is 30.3. The molecule has 12 heteroatoms. The van der Waals surface area contributed by atoms with Gasteiger partial charge in [0.05, 0.1) is 0 Å². The van der Waals surface area contributed by atoms with Crippen molar-refractivity contribution in [3.8, 4) is 203 Å². The molecule has 0 spiro atoms. The van der Waals surface area contributed by atoms with Gasteiger partial charge >= 0.3 is 0 Å². The van der Waals surface area contributed by atoms with Crippen LogP contribution in [0.1, 0.15) is 0 Å². The molecule has 0 fully saturated rings. The average molecular weight is 1850 g/mol. The summed E-state index contributed by atoms with van der Waals surface area (Å²) >= 11 is 5.51. The van der Waals surface area contributed by atoms with E-state index in [-0.39, 0.29) is 0 Å². The van der Waals surface area contributed by atoms with Crippen LogP contribution in [0.4, 0.5) is 0 Å². The molecular weight excluding hydrogens is 1770 g/mol. The third-order valence-electron chi connectivity index (χ3n) is 26.3. The summed E-state index contributed by atoms with van der Waals surface area (Å²) in [7, 11) is 0. The van der Waals surface area contributed by atoms with Gasteiger partial charge in [-0.1, -0.05) is 466 Å². The molecule has 0 saturated carbocycles. The summed E-state index contributed by atoms with van der Waals surface area (Å²) in [5, 5.41) is 7.14. The molecule has 0 amide bonds. The quantitative estimate of drug-likeness (QED) is 0.116. The Bertz CT molecular complexity index is 8730.